The molecule has 1 aromatic rings. The van der Waals surface area contributed by atoms with Crippen LogP contribution >= 0.6 is 0 Å². The second kappa shape index (κ2) is 6.21. The Hall–Kier alpha value is -1.33. The Morgan fingerprint density at radius 3 is 2.93 bits per heavy atom. The van der Waals surface area contributed by atoms with Gasteiger partial charge in [0.25, 0.3) is 0 Å². The minimum atomic E-state index is 0.302. The van der Waals surface area contributed by atoms with E-state index in [2.05, 4.69) is 36.0 Å². The summed E-state index contributed by atoms with van der Waals surface area (Å²) >= 11 is 0. The summed E-state index contributed by atoms with van der Waals surface area (Å²) < 4.78 is 0. The molecule has 1 N–H and O–H groups in total. The fourth-order valence-electron chi connectivity index (χ4n) is 1.58. The molecule has 1 aromatic heterocycles. The van der Waals surface area contributed by atoms with Crippen molar-refractivity contribution in [2.75, 3.05) is 6.54 Å². The van der Waals surface area contributed by atoms with Crippen LogP contribution in [0.2, 0.25) is 0 Å². The predicted octanol–water partition coefficient (Wildman–Crippen LogP) is 2.45. The van der Waals surface area contributed by atoms with Crippen molar-refractivity contribution >= 4 is 0 Å². The summed E-state index contributed by atoms with van der Waals surface area (Å²) in [6, 6.07) is 2.34. The van der Waals surface area contributed by atoms with Crippen LogP contribution in [0.15, 0.2) is 18.5 Å². The zero-order chi connectivity index (χ0) is 11.1. The second-order valence-electron chi connectivity index (χ2n) is 3.47. The van der Waals surface area contributed by atoms with Gasteiger partial charge in [-0.05, 0) is 37.6 Å². The largest absolute Gasteiger partial charge is 0.309 e. The van der Waals surface area contributed by atoms with Crippen LogP contribution in [0.3, 0.4) is 0 Å². The van der Waals surface area contributed by atoms with Crippen LogP contribution in [0.25, 0.3) is 0 Å². The van der Waals surface area contributed by atoms with Gasteiger partial charge < -0.3 is 5.32 Å². The number of aromatic nitrogens is 1. The van der Waals surface area contributed by atoms with E-state index in [0.29, 0.717) is 6.04 Å². The number of nitrogens with one attached hydrogen (secondary N) is 1. The van der Waals surface area contributed by atoms with Gasteiger partial charge in [0.2, 0.25) is 0 Å². The quantitative estimate of drug-likeness (QED) is 0.759. The molecular weight excluding hydrogens is 184 g/mol. The molecule has 0 spiro atoms. The molecule has 0 saturated carbocycles. The molecule has 2 heteroatoms. The van der Waals surface area contributed by atoms with E-state index in [4.69, 9.17) is 0 Å². The highest BCUT2D eigenvalue weighted by Gasteiger charge is 2.10. The lowest BCUT2D eigenvalue weighted by atomic mass is 10.0. The number of hydrogen-bond donors (Lipinski definition) is 1. The molecule has 1 rings (SSSR count). The van der Waals surface area contributed by atoms with E-state index in [-0.39, 0.29) is 0 Å². The summed E-state index contributed by atoms with van der Waals surface area (Å²) in [6.07, 6.45) is 4.60. The van der Waals surface area contributed by atoms with Crippen LogP contribution in [-0.4, -0.2) is 11.5 Å². The fraction of sp³-hybridized carbons (Fsp3) is 0.462. The normalized spacial score (nSPS) is 11.7. The lowest BCUT2D eigenvalue weighted by Crippen LogP contribution is -2.21. The van der Waals surface area contributed by atoms with E-state index in [0.717, 1.165) is 13.0 Å². The molecule has 0 radical (unpaired) electrons. The summed E-state index contributed by atoms with van der Waals surface area (Å²) in [5.74, 6) is 6.05. The first-order valence-corrected chi connectivity index (χ1v) is 5.33. The number of pyridine rings is 1. The van der Waals surface area contributed by atoms with Gasteiger partial charge in [0.1, 0.15) is 0 Å². The van der Waals surface area contributed by atoms with Crippen molar-refractivity contribution in [2.45, 2.75) is 33.2 Å². The number of hydrogen-bond acceptors (Lipinski definition) is 2. The number of rotatable bonds is 4. The van der Waals surface area contributed by atoms with E-state index in [1.807, 2.05) is 25.4 Å². The predicted molar refractivity (Wildman–Crippen MR) is 63.5 cm³/mol. The third-order valence-corrected chi connectivity index (χ3v) is 2.39. The molecule has 15 heavy (non-hydrogen) atoms. The monoisotopic (exact) mass is 202 g/mol. The van der Waals surface area contributed by atoms with Crippen molar-refractivity contribution in [1.29, 1.82) is 0 Å². The Labute approximate surface area is 92.1 Å². The molecule has 0 fully saturated rings. The molecule has 1 atom stereocenters. The molecule has 0 saturated heterocycles. The first-order valence-electron chi connectivity index (χ1n) is 5.33. The zero-order valence-electron chi connectivity index (χ0n) is 9.67. The summed E-state index contributed by atoms with van der Waals surface area (Å²) in [7, 11) is 0. The van der Waals surface area contributed by atoms with Crippen molar-refractivity contribution in [3.05, 3.63) is 29.6 Å². The molecular formula is C13H18N2. The van der Waals surface area contributed by atoms with Crippen LogP contribution in [0.1, 0.15) is 37.4 Å². The van der Waals surface area contributed by atoms with Crippen LogP contribution in [-0.2, 0) is 0 Å². The summed E-state index contributed by atoms with van der Waals surface area (Å²) in [5, 5.41) is 3.43. The van der Waals surface area contributed by atoms with Gasteiger partial charge in [-0.3, -0.25) is 4.98 Å². The molecule has 2 nitrogen and oxygen atoms in total. The fourth-order valence-corrected chi connectivity index (χ4v) is 1.58. The van der Waals surface area contributed by atoms with E-state index in [1.165, 1.54) is 11.1 Å². The van der Waals surface area contributed by atoms with Gasteiger partial charge in [-0.2, -0.15) is 0 Å². The zero-order valence-corrected chi connectivity index (χ0v) is 9.67. The maximum atomic E-state index is 4.17. The van der Waals surface area contributed by atoms with Gasteiger partial charge in [0.15, 0.2) is 0 Å². The Kier molecular flexibility index (Phi) is 4.86. The summed E-state index contributed by atoms with van der Waals surface area (Å²) in [6.45, 7) is 7.04. The third-order valence-electron chi connectivity index (χ3n) is 2.39. The highest BCUT2D eigenvalue weighted by atomic mass is 14.9. The van der Waals surface area contributed by atoms with Crippen LogP contribution in [0.5, 0.6) is 0 Å². The van der Waals surface area contributed by atoms with Gasteiger partial charge in [-0.1, -0.05) is 6.92 Å². The van der Waals surface area contributed by atoms with Gasteiger partial charge in [-0.25, -0.2) is 0 Å². The second-order valence-corrected chi connectivity index (χ2v) is 3.47. The van der Waals surface area contributed by atoms with E-state index < -0.39 is 0 Å². The average Bonchev–Trinajstić information content (AvgIpc) is 2.25. The van der Waals surface area contributed by atoms with Crippen LogP contribution in [0, 0.1) is 18.8 Å². The topological polar surface area (TPSA) is 24.9 Å². The Morgan fingerprint density at radius 1 is 1.53 bits per heavy atom. The van der Waals surface area contributed by atoms with Crippen molar-refractivity contribution in [3.63, 3.8) is 0 Å². The maximum Gasteiger partial charge on any atom is 0.0448 e. The molecule has 0 aromatic carbocycles. The van der Waals surface area contributed by atoms with Gasteiger partial charge in [0.05, 0.1) is 0 Å². The van der Waals surface area contributed by atoms with E-state index in [1.54, 1.807) is 0 Å². The minimum absolute atomic E-state index is 0.302. The Bertz CT molecular complexity index is 360. The van der Waals surface area contributed by atoms with Crippen LogP contribution in [0.4, 0.5) is 0 Å². The van der Waals surface area contributed by atoms with Gasteiger partial charge >= 0.3 is 0 Å². The lowest BCUT2D eigenvalue weighted by molar-refractivity contribution is 0.561. The minimum Gasteiger partial charge on any atom is -0.309 e. The van der Waals surface area contributed by atoms with Crippen molar-refractivity contribution in [2.24, 2.45) is 0 Å². The lowest BCUT2D eigenvalue weighted by Gasteiger charge is -2.17. The summed E-state index contributed by atoms with van der Waals surface area (Å²) in [4.78, 5) is 4.17. The standard InChI is InChI=1S/C13H18N2/c1-4-6-7-13(15-5-2)12-10-14-9-8-11(12)3/h8-10,13,15H,5,7H2,1-3H3. The third kappa shape index (κ3) is 3.38. The number of nitrogens with zero attached hydrogens (tertiary/aromatic N) is 1. The number of aryl methyl sites for hydroxylation is 1. The first-order chi connectivity index (χ1) is 7.29. The first kappa shape index (κ1) is 11.7. The van der Waals surface area contributed by atoms with Crippen LogP contribution < -0.4 is 5.32 Å². The molecule has 80 valence electrons. The van der Waals surface area contributed by atoms with Crippen molar-refractivity contribution in [3.8, 4) is 11.8 Å². The average molecular weight is 202 g/mol. The molecule has 0 aliphatic heterocycles. The molecule has 0 amide bonds. The molecule has 0 aliphatic carbocycles. The van der Waals surface area contributed by atoms with E-state index >= 15 is 0 Å². The van der Waals surface area contributed by atoms with Crippen molar-refractivity contribution < 1.29 is 0 Å². The molecule has 1 unspecified atom stereocenters. The van der Waals surface area contributed by atoms with E-state index in [9.17, 15) is 0 Å². The highest BCUT2D eigenvalue weighted by Crippen LogP contribution is 2.18. The van der Waals surface area contributed by atoms with Gasteiger partial charge in [0, 0.05) is 24.9 Å². The molecule has 0 bridgehead atoms. The molecule has 0 aliphatic rings. The Morgan fingerprint density at radius 2 is 2.33 bits per heavy atom. The smallest absolute Gasteiger partial charge is 0.0448 e. The SMILES string of the molecule is CC#CCC(NCC)c1cnccc1C. The maximum absolute atomic E-state index is 4.17. The van der Waals surface area contributed by atoms with Crippen molar-refractivity contribution in [1.82, 2.24) is 10.3 Å². The Balaban J connectivity index is 2.86. The van der Waals surface area contributed by atoms with Gasteiger partial charge in [-0.15, -0.1) is 11.8 Å². The highest BCUT2D eigenvalue weighted by molar-refractivity contribution is 5.26. The molecule has 1 heterocycles. The summed E-state index contributed by atoms with van der Waals surface area (Å²) in [5.41, 5.74) is 2.52.